The van der Waals surface area contributed by atoms with Crippen molar-refractivity contribution in [3.63, 3.8) is 0 Å². The molecule has 0 aliphatic rings. The van der Waals surface area contributed by atoms with Crippen LogP contribution in [0.4, 0.5) is 13.2 Å². The maximum Gasteiger partial charge on any atom is 0.416 e. The summed E-state index contributed by atoms with van der Waals surface area (Å²) in [5.41, 5.74) is 4.26. The molecule has 206 valence electrons. The van der Waals surface area contributed by atoms with Gasteiger partial charge in [-0.1, -0.05) is 52.3 Å². The van der Waals surface area contributed by atoms with Crippen molar-refractivity contribution in [1.29, 1.82) is 0 Å². The molecule has 1 aromatic heterocycles. The van der Waals surface area contributed by atoms with E-state index in [4.69, 9.17) is 4.74 Å². The molecule has 0 radical (unpaired) electrons. The van der Waals surface area contributed by atoms with Gasteiger partial charge in [-0.3, -0.25) is 4.79 Å². The Morgan fingerprint density at radius 2 is 1.73 bits per heavy atom. The quantitative estimate of drug-likeness (QED) is 0.0608. The van der Waals surface area contributed by atoms with Crippen molar-refractivity contribution >= 4 is 67.5 Å². The number of ether oxygens (including phenoxy) is 1. The van der Waals surface area contributed by atoms with Gasteiger partial charge < -0.3 is 9.72 Å². The molecule has 0 aliphatic heterocycles. The smallest absolute Gasteiger partial charge is 0.416 e. The number of rotatable bonds is 6. The van der Waals surface area contributed by atoms with Crippen molar-refractivity contribution in [1.82, 2.24) is 10.4 Å². The number of alkyl halides is 3. The van der Waals surface area contributed by atoms with E-state index in [0.717, 1.165) is 43.8 Å². The van der Waals surface area contributed by atoms with Gasteiger partial charge in [0.1, 0.15) is 11.4 Å². The predicted octanol–water partition coefficient (Wildman–Crippen LogP) is 8.20. The fraction of sp³-hybridized carbons (Fsp3) is 0.0333. The maximum absolute atomic E-state index is 13.3. The minimum Gasteiger partial charge on any atom is -0.422 e. The molecule has 0 bridgehead atoms. The van der Waals surface area contributed by atoms with Crippen LogP contribution in [0.25, 0.3) is 22.0 Å². The number of nitrogens with zero attached hydrogens (tertiary/aromatic N) is 1. The molecule has 2 N–H and O–H groups in total. The molecule has 11 heteroatoms. The first-order valence-electron chi connectivity index (χ1n) is 12.0. The first kappa shape index (κ1) is 28.6. The number of hydrogen-bond acceptors (Lipinski definition) is 4. The Morgan fingerprint density at radius 3 is 2.49 bits per heavy atom. The van der Waals surface area contributed by atoms with Gasteiger partial charge in [-0.05, 0) is 82.8 Å². The van der Waals surface area contributed by atoms with Crippen molar-refractivity contribution < 1.29 is 27.5 Å². The van der Waals surface area contributed by atoms with Crippen LogP contribution in [0.3, 0.4) is 0 Å². The summed E-state index contributed by atoms with van der Waals surface area (Å²) in [6, 6.07) is 23.9. The molecule has 4 aromatic carbocycles. The van der Waals surface area contributed by atoms with Crippen LogP contribution < -0.4 is 10.2 Å². The molecule has 41 heavy (non-hydrogen) atoms. The number of benzene rings is 4. The Morgan fingerprint density at radius 1 is 0.951 bits per heavy atom. The molecule has 6 nitrogen and oxygen atoms in total. The van der Waals surface area contributed by atoms with Gasteiger partial charge in [0.05, 0.1) is 17.3 Å². The average molecular weight is 732 g/mol. The molecule has 0 spiro atoms. The lowest BCUT2D eigenvalue weighted by molar-refractivity contribution is -0.137. The SMILES string of the molecule is O=C(Oc1ccc(Br)cc1C=NNC(=O)c1[nH]c2ccc(I)cc2c1-c1ccccc1)c1cccc(C(F)(F)F)c1. The molecule has 0 aliphatic carbocycles. The second kappa shape index (κ2) is 11.9. The van der Waals surface area contributed by atoms with E-state index >= 15 is 0 Å². The normalized spacial score (nSPS) is 11.6. The molecule has 5 rings (SSSR count). The monoisotopic (exact) mass is 731 g/mol. The summed E-state index contributed by atoms with van der Waals surface area (Å²) in [7, 11) is 0. The van der Waals surface area contributed by atoms with Crippen molar-refractivity contribution in [2.75, 3.05) is 0 Å². The number of carbonyl (C=O) groups is 2. The summed E-state index contributed by atoms with van der Waals surface area (Å²) in [5, 5.41) is 4.94. The predicted molar refractivity (Wildman–Crippen MR) is 162 cm³/mol. The molecule has 0 saturated heterocycles. The number of H-pyrrole nitrogens is 1. The zero-order valence-electron chi connectivity index (χ0n) is 20.8. The molecule has 5 aromatic rings. The number of aromatic amines is 1. The summed E-state index contributed by atoms with van der Waals surface area (Å²) in [6.45, 7) is 0. The van der Waals surface area contributed by atoms with E-state index in [0.29, 0.717) is 15.7 Å². The van der Waals surface area contributed by atoms with Gasteiger partial charge in [-0.25, -0.2) is 10.2 Å². The standard InChI is InChI=1S/C30H18BrF3IN3O3/c31-21-9-12-25(41-29(40)18-7-4-8-20(13-18)30(32,33)34)19(14-21)16-36-38-28(39)27-26(17-5-2-1-3-6-17)23-15-22(35)10-11-24(23)37-27/h1-16,37H,(H,38,39). The molecule has 0 fully saturated rings. The number of hydrazone groups is 1. The highest BCUT2D eigenvalue weighted by atomic mass is 127. The molecular formula is C30H18BrF3IN3O3. The third-order valence-corrected chi connectivity index (χ3v) is 7.18. The van der Waals surface area contributed by atoms with Crippen molar-refractivity contribution in [3.8, 4) is 16.9 Å². The van der Waals surface area contributed by atoms with Crippen LogP contribution in [0, 0.1) is 3.57 Å². The summed E-state index contributed by atoms with van der Waals surface area (Å²) < 4.78 is 46.3. The topological polar surface area (TPSA) is 83.5 Å². The fourth-order valence-corrected chi connectivity index (χ4v) is 5.02. The lowest BCUT2D eigenvalue weighted by Gasteiger charge is -2.10. The lowest BCUT2D eigenvalue weighted by Crippen LogP contribution is -2.19. The van der Waals surface area contributed by atoms with Gasteiger partial charge in [-0.2, -0.15) is 18.3 Å². The average Bonchev–Trinajstić information content (AvgIpc) is 3.33. The van der Waals surface area contributed by atoms with E-state index in [1.54, 1.807) is 12.1 Å². The number of aromatic nitrogens is 1. The van der Waals surface area contributed by atoms with E-state index in [9.17, 15) is 22.8 Å². The number of fused-ring (bicyclic) bond motifs is 1. The van der Waals surface area contributed by atoms with Crippen LogP contribution in [0.5, 0.6) is 5.75 Å². The summed E-state index contributed by atoms with van der Waals surface area (Å²) >= 11 is 5.55. The number of amides is 1. The van der Waals surface area contributed by atoms with E-state index in [1.165, 1.54) is 18.3 Å². The number of carbonyl (C=O) groups excluding carboxylic acids is 2. The van der Waals surface area contributed by atoms with Crippen LogP contribution in [-0.2, 0) is 6.18 Å². The van der Waals surface area contributed by atoms with Crippen LogP contribution in [0.1, 0.15) is 32.0 Å². The molecule has 1 amide bonds. The van der Waals surface area contributed by atoms with Crippen molar-refractivity contribution in [2.24, 2.45) is 5.10 Å². The second-order valence-electron chi connectivity index (χ2n) is 8.78. The summed E-state index contributed by atoms with van der Waals surface area (Å²) in [5.74, 6) is -1.43. The molecule has 1 heterocycles. The molecule has 0 saturated carbocycles. The Kier molecular flexibility index (Phi) is 8.27. The summed E-state index contributed by atoms with van der Waals surface area (Å²) in [4.78, 5) is 29.1. The first-order valence-corrected chi connectivity index (χ1v) is 13.9. The Hall–Kier alpha value is -3.97. The Labute approximate surface area is 253 Å². The van der Waals surface area contributed by atoms with Crippen LogP contribution in [-0.4, -0.2) is 23.1 Å². The van der Waals surface area contributed by atoms with Gasteiger partial charge in [0.2, 0.25) is 0 Å². The zero-order chi connectivity index (χ0) is 29.1. The number of esters is 1. The zero-order valence-corrected chi connectivity index (χ0v) is 24.5. The van der Waals surface area contributed by atoms with Gasteiger partial charge >= 0.3 is 12.1 Å². The highest BCUT2D eigenvalue weighted by molar-refractivity contribution is 14.1. The van der Waals surface area contributed by atoms with Gasteiger partial charge in [0, 0.05) is 30.1 Å². The molecular weight excluding hydrogens is 714 g/mol. The molecule has 0 atom stereocenters. The van der Waals surface area contributed by atoms with Crippen molar-refractivity contribution in [2.45, 2.75) is 6.18 Å². The fourth-order valence-electron chi connectivity index (χ4n) is 4.15. The minimum atomic E-state index is -4.60. The van der Waals surface area contributed by atoms with E-state index in [2.05, 4.69) is 54.0 Å². The Bertz CT molecular complexity index is 1800. The highest BCUT2D eigenvalue weighted by Crippen LogP contribution is 2.34. The van der Waals surface area contributed by atoms with E-state index in [-0.39, 0.29) is 11.3 Å². The maximum atomic E-state index is 13.3. The van der Waals surface area contributed by atoms with E-state index < -0.39 is 23.6 Å². The van der Waals surface area contributed by atoms with Crippen LogP contribution in [0.15, 0.2) is 101 Å². The second-order valence-corrected chi connectivity index (χ2v) is 10.9. The lowest BCUT2D eigenvalue weighted by atomic mass is 10.0. The summed E-state index contributed by atoms with van der Waals surface area (Å²) in [6.07, 6.45) is -3.32. The minimum absolute atomic E-state index is 0.0405. The number of halogens is 5. The third kappa shape index (κ3) is 6.51. The van der Waals surface area contributed by atoms with Crippen LogP contribution in [0.2, 0.25) is 0 Å². The van der Waals surface area contributed by atoms with Gasteiger partial charge in [0.25, 0.3) is 5.91 Å². The number of hydrogen-bond donors (Lipinski definition) is 2. The van der Waals surface area contributed by atoms with Gasteiger partial charge in [0.15, 0.2) is 0 Å². The largest absolute Gasteiger partial charge is 0.422 e. The third-order valence-electron chi connectivity index (χ3n) is 6.02. The number of nitrogens with one attached hydrogen (secondary N) is 2. The van der Waals surface area contributed by atoms with Gasteiger partial charge in [-0.15, -0.1) is 0 Å². The van der Waals surface area contributed by atoms with E-state index in [1.807, 2.05) is 48.5 Å². The highest BCUT2D eigenvalue weighted by Gasteiger charge is 2.31. The van der Waals surface area contributed by atoms with Crippen molar-refractivity contribution in [3.05, 3.63) is 121 Å². The first-order chi connectivity index (χ1) is 19.6. The molecule has 0 unspecified atom stereocenters. The Balaban J connectivity index is 1.40. The van der Waals surface area contributed by atoms with Crippen LogP contribution >= 0.6 is 38.5 Å².